The molecule has 2 nitrogen and oxygen atoms in total. The second-order valence-corrected chi connectivity index (χ2v) is 4.21. The quantitative estimate of drug-likeness (QED) is 0.696. The molecule has 80 valence electrons. The number of para-hydroxylation sites is 1. The summed E-state index contributed by atoms with van der Waals surface area (Å²) in [5.74, 6) is 0. The van der Waals surface area contributed by atoms with Crippen LogP contribution in [-0.2, 0) is 0 Å². The molecule has 0 radical (unpaired) electrons. The van der Waals surface area contributed by atoms with E-state index in [1.54, 1.807) is 0 Å². The Morgan fingerprint density at radius 2 is 1.94 bits per heavy atom. The van der Waals surface area contributed by atoms with Crippen molar-refractivity contribution in [1.82, 2.24) is 0 Å². The van der Waals surface area contributed by atoms with Crippen LogP contribution in [0.4, 0.5) is 5.69 Å². The molecule has 2 aliphatic rings. The maximum atomic E-state index is 4.52. The standard InChI is InChI=1S/C14H14N2/c1-11-6-2-4-8-13(11)16-10-15-12-7-3-5-9-14(12)16/h2-10,12,14H,1H3. The molecule has 0 bridgehead atoms. The molecule has 2 unspecified atom stereocenters. The van der Waals surface area contributed by atoms with E-state index in [-0.39, 0.29) is 6.04 Å². The summed E-state index contributed by atoms with van der Waals surface area (Å²) < 4.78 is 0. The van der Waals surface area contributed by atoms with Gasteiger partial charge in [-0.2, -0.15) is 0 Å². The predicted octanol–water partition coefficient (Wildman–Crippen LogP) is 2.71. The van der Waals surface area contributed by atoms with Crippen molar-refractivity contribution in [1.29, 1.82) is 0 Å². The van der Waals surface area contributed by atoms with Crippen LogP contribution in [0.1, 0.15) is 5.56 Å². The van der Waals surface area contributed by atoms with Crippen LogP contribution in [0.2, 0.25) is 0 Å². The number of nitrogens with zero attached hydrogens (tertiary/aromatic N) is 2. The molecule has 0 fully saturated rings. The molecular weight excluding hydrogens is 196 g/mol. The lowest BCUT2D eigenvalue weighted by Crippen LogP contribution is -2.35. The van der Waals surface area contributed by atoms with Crippen molar-refractivity contribution in [3.63, 3.8) is 0 Å². The molecule has 2 heteroatoms. The lowest BCUT2D eigenvalue weighted by atomic mass is 10.0. The molecule has 0 saturated carbocycles. The van der Waals surface area contributed by atoms with Gasteiger partial charge in [-0.1, -0.05) is 42.5 Å². The fourth-order valence-electron chi connectivity index (χ4n) is 2.28. The summed E-state index contributed by atoms with van der Waals surface area (Å²) in [4.78, 5) is 6.77. The van der Waals surface area contributed by atoms with Crippen LogP contribution in [0.3, 0.4) is 0 Å². The minimum Gasteiger partial charge on any atom is -0.323 e. The summed E-state index contributed by atoms with van der Waals surface area (Å²) in [6.07, 6.45) is 10.5. The van der Waals surface area contributed by atoms with Gasteiger partial charge in [0.2, 0.25) is 0 Å². The van der Waals surface area contributed by atoms with Crippen molar-refractivity contribution in [3.05, 3.63) is 54.1 Å². The van der Waals surface area contributed by atoms with Gasteiger partial charge in [0.05, 0.1) is 18.4 Å². The Morgan fingerprint density at radius 3 is 2.81 bits per heavy atom. The smallest absolute Gasteiger partial charge is 0.0943 e. The highest BCUT2D eigenvalue weighted by Gasteiger charge is 2.29. The minimum absolute atomic E-state index is 0.282. The first-order valence-corrected chi connectivity index (χ1v) is 5.58. The number of fused-ring (bicyclic) bond motifs is 1. The van der Waals surface area contributed by atoms with Crippen molar-refractivity contribution in [2.45, 2.75) is 19.0 Å². The monoisotopic (exact) mass is 210 g/mol. The Labute approximate surface area is 95.6 Å². The van der Waals surface area contributed by atoms with E-state index < -0.39 is 0 Å². The van der Waals surface area contributed by atoms with Crippen LogP contribution >= 0.6 is 0 Å². The number of benzene rings is 1. The van der Waals surface area contributed by atoms with Crippen molar-refractivity contribution < 1.29 is 0 Å². The summed E-state index contributed by atoms with van der Waals surface area (Å²) in [6.45, 7) is 2.14. The largest absolute Gasteiger partial charge is 0.323 e. The molecular formula is C14H14N2. The van der Waals surface area contributed by atoms with Crippen molar-refractivity contribution in [2.75, 3.05) is 4.90 Å². The van der Waals surface area contributed by atoms with Crippen LogP contribution < -0.4 is 4.90 Å². The van der Waals surface area contributed by atoms with E-state index in [9.17, 15) is 0 Å². The fourth-order valence-corrected chi connectivity index (χ4v) is 2.28. The molecule has 16 heavy (non-hydrogen) atoms. The van der Waals surface area contributed by atoms with Crippen LogP contribution in [0.15, 0.2) is 53.6 Å². The second-order valence-electron chi connectivity index (χ2n) is 4.21. The molecule has 1 aliphatic carbocycles. The Kier molecular flexibility index (Phi) is 2.13. The van der Waals surface area contributed by atoms with Gasteiger partial charge in [0.25, 0.3) is 0 Å². The van der Waals surface area contributed by atoms with Crippen molar-refractivity contribution in [2.24, 2.45) is 4.99 Å². The van der Waals surface area contributed by atoms with Gasteiger partial charge in [-0.05, 0) is 18.6 Å². The molecule has 3 rings (SSSR count). The summed E-state index contributed by atoms with van der Waals surface area (Å²) >= 11 is 0. The van der Waals surface area contributed by atoms with Gasteiger partial charge in [-0.15, -0.1) is 0 Å². The van der Waals surface area contributed by atoms with E-state index in [4.69, 9.17) is 0 Å². The molecule has 0 saturated heterocycles. The number of rotatable bonds is 1. The molecule has 1 heterocycles. The molecule has 1 aliphatic heterocycles. The molecule has 0 N–H and O–H groups in total. The van der Waals surface area contributed by atoms with Crippen LogP contribution in [0.25, 0.3) is 0 Å². The maximum Gasteiger partial charge on any atom is 0.0943 e. The highest BCUT2D eigenvalue weighted by Crippen LogP contribution is 2.28. The van der Waals surface area contributed by atoms with Crippen LogP contribution in [0.5, 0.6) is 0 Å². The predicted molar refractivity (Wildman–Crippen MR) is 68.0 cm³/mol. The number of anilines is 1. The average molecular weight is 210 g/mol. The minimum atomic E-state index is 0.282. The van der Waals surface area contributed by atoms with Crippen molar-refractivity contribution >= 4 is 12.0 Å². The first kappa shape index (κ1) is 9.40. The number of aryl methyl sites for hydroxylation is 1. The maximum absolute atomic E-state index is 4.52. The third kappa shape index (κ3) is 1.38. The first-order chi connectivity index (χ1) is 7.86. The topological polar surface area (TPSA) is 15.6 Å². The van der Waals surface area contributed by atoms with E-state index in [1.165, 1.54) is 11.3 Å². The lowest BCUT2D eigenvalue weighted by molar-refractivity contribution is 0.739. The first-order valence-electron chi connectivity index (χ1n) is 5.58. The van der Waals surface area contributed by atoms with Gasteiger partial charge in [-0.3, -0.25) is 4.99 Å². The zero-order valence-electron chi connectivity index (χ0n) is 9.25. The van der Waals surface area contributed by atoms with E-state index >= 15 is 0 Å². The summed E-state index contributed by atoms with van der Waals surface area (Å²) in [5, 5.41) is 0. The number of hydrogen-bond donors (Lipinski definition) is 0. The fraction of sp³-hybridized carbons (Fsp3) is 0.214. The molecule has 0 spiro atoms. The normalized spacial score (nSPS) is 26.2. The van der Waals surface area contributed by atoms with E-state index in [0.29, 0.717) is 6.04 Å². The zero-order chi connectivity index (χ0) is 11.0. The number of hydrogen-bond acceptors (Lipinski definition) is 2. The second kappa shape index (κ2) is 3.63. The third-order valence-electron chi connectivity index (χ3n) is 3.16. The third-order valence-corrected chi connectivity index (χ3v) is 3.16. The SMILES string of the molecule is Cc1ccccc1N1C=NC2C=CC=CC21. The number of allylic oxidation sites excluding steroid dienone is 2. The molecule has 0 aromatic heterocycles. The molecule has 1 aromatic carbocycles. The van der Waals surface area contributed by atoms with Gasteiger partial charge in [0.1, 0.15) is 0 Å². The molecule has 1 aromatic rings. The highest BCUT2D eigenvalue weighted by atomic mass is 15.3. The van der Waals surface area contributed by atoms with Gasteiger partial charge in [0, 0.05) is 5.69 Å². The van der Waals surface area contributed by atoms with E-state index in [0.717, 1.165) is 0 Å². The van der Waals surface area contributed by atoms with Crippen molar-refractivity contribution in [3.8, 4) is 0 Å². The molecule has 0 amide bonds. The van der Waals surface area contributed by atoms with Gasteiger partial charge >= 0.3 is 0 Å². The average Bonchev–Trinajstić information content (AvgIpc) is 2.74. The summed E-state index contributed by atoms with van der Waals surface area (Å²) in [5.41, 5.74) is 2.54. The van der Waals surface area contributed by atoms with Gasteiger partial charge < -0.3 is 4.90 Å². The zero-order valence-corrected chi connectivity index (χ0v) is 9.25. The highest BCUT2D eigenvalue weighted by molar-refractivity contribution is 5.85. The number of aliphatic imine (C=N–C) groups is 1. The summed E-state index contributed by atoms with van der Waals surface area (Å²) in [6, 6.07) is 9.07. The summed E-state index contributed by atoms with van der Waals surface area (Å²) in [7, 11) is 0. The van der Waals surface area contributed by atoms with Gasteiger partial charge in [0.15, 0.2) is 0 Å². The Balaban J connectivity index is 1.98. The Morgan fingerprint density at radius 1 is 1.12 bits per heavy atom. The molecule has 2 atom stereocenters. The van der Waals surface area contributed by atoms with Crippen LogP contribution in [-0.4, -0.2) is 18.4 Å². The van der Waals surface area contributed by atoms with Crippen LogP contribution in [0, 0.1) is 6.92 Å². The lowest BCUT2D eigenvalue weighted by Gasteiger charge is -2.26. The van der Waals surface area contributed by atoms with E-state index in [2.05, 4.69) is 65.4 Å². The Hall–Kier alpha value is -1.83. The van der Waals surface area contributed by atoms with E-state index in [1.807, 2.05) is 6.34 Å². The van der Waals surface area contributed by atoms with Gasteiger partial charge in [-0.25, -0.2) is 0 Å². The Bertz CT molecular complexity index is 485.